The Labute approximate surface area is 104 Å². The van der Waals surface area contributed by atoms with Crippen LogP contribution in [0.15, 0.2) is 22.6 Å². The van der Waals surface area contributed by atoms with Crippen LogP contribution < -0.4 is 16.8 Å². The molecule has 0 aliphatic rings. The van der Waals surface area contributed by atoms with Gasteiger partial charge in [-0.1, -0.05) is 0 Å². The Morgan fingerprint density at radius 1 is 1.39 bits per heavy atom. The molecule has 1 heterocycles. The summed E-state index contributed by atoms with van der Waals surface area (Å²) in [4.78, 5) is 14.8. The number of nitrogens with two attached hydrogens (primary N) is 2. The molecule has 96 valence electrons. The molecule has 0 atom stereocenters. The number of carbonyl (C=O) groups excluding carboxylic acids is 1. The number of fused-ring (bicyclic) bond motifs is 1. The van der Waals surface area contributed by atoms with Crippen molar-refractivity contribution in [3.05, 3.63) is 18.2 Å². The molecule has 18 heavy (non-hydrogen) atoms. The highest BCUT2D eigenvalue weighted by Crippen LogP contribution is 2.20. The number of unbranched alkanes of at least 4 members (excludes halogenated alkanes) is 1. The van der Waals surface area contributed by atoms with Crippen molar-refractivity contribution in [1.82, 2.24) is 4.98 Å². The van der Waals surface area contributed by atoms with Gasteiger partial charge in [-0.25, -0.2) is 0 Å². The van der Waals surface area contributed by atoms with Gasteiger partial charge >= 0.3 is 0 Å². The van der Waals surface area contributed by atoms with Crippen LogP contribution in [0.4, 0.5) is 11.7 Å². The summed E-state index contributed by atoms with van der Waals surface area (Å²) >= 11 is 0. The van der Waals surface area contributed by atoms with E-state index in [1.165, 1.54) is 0 Å². The van der Waals surface area contributed by atoms with Gasteiger partial charge in [0.2, 0.25) is 5.91 Å². The molecule has 6 nitrogen and oxygen atoms in total. The van der Waals surface area contributed by atoms with Gasteiger partial charge in [0.05, 0.1) is 0 Å². The molecule has 0 spiro atoms. The monoisotopic (exact) mass is 248 g/mol. The van der Waals surface area contributed by atoms with Crippen LogP contribution in [-0.2, 0) is 4.79 Å². The van der Waals surface area contributed by atoms with Gasteiger partial charge in [-0.15, -0.1) is 0 Å². The number of nitrogens with zero attached hydrogens (tertiary/aromatic N) is 1. The second-order valence-corrected chi connectivity index (χ2v) is 4.10. The summed E-state index contributed by atoms with van der Waals surface area (Å²) in [5, 5.41) is 3.06. The number of hydrogen-bond donors (Lipinski definition) is 3. The van der Waals surface area contributed by atoms with Crippen molar-refractivity contribution < 1.29 is 9.21 Å². The van der Waals surface area contributed by atoms with Gasteiger partial charge in [0, 0.05) is 24.7 Å². The normalized spacial score (nSPS) is 10.7. The number of rotatable bonds is 6. The highest BCUT2D eigenvalue weighted by atomic mass is 16.4. The minimum absolute atomic E-state index is 0.271. The largest absolute Gasteiger partial charge is 0.423 e. The first-order valence-corrected chi connectivity index (χ1v) is 5.83. The predicted molar refractivity (Wildman–Crippen MR) is 70.0 cm³/mol. The third kappa shape index (κ3) is 3.13. The maximum atomic E-state index is 10.5. The molecule has 0 radical (unpaired) electrons. The van der Waals surface area contributed by atoms with E-state index >= 15 is 0 Å². The topological polar surface area (TPSA) is 107 Å². The number of benzene rings is 1. The van der Waals surface area contributed by atoms with Crippen LogP contribution in [0.2, 0.25) is 0 Å². The van der Waals surface area contributed by atoms with Crippen LogP contribution in [0, 0.1) is 0 Å². The minimum Gasteiger partial charge on any atom is -0.423 e. The highest BCUT2D eigenvalue weighted by Gasteiger charge is 2.05. The summed E-state index contributed by atoms with van der Waals surface area (Å²) in [5.41, 5.74) is 12.8. The molecule has 6 heteroatoms. The number of aromatic nitrogens is 1. The van der Waals surface area contributed by atoms with Gasteiger partial charge in [-0.3, -0.25) is 4.79 Å². The Hall–Kier alpha value is -2.24. The fourth-order valence-corrected chi connectivity index (χ4v) is 1.64. The number of primary amides is 1. The minimum atomic E-state index is -0.271. The van der Waals surface area contributed by atoms with Crippen LogP contribution in [0.25, 0.3) is 11.1 Å². The summed E-state index contributed by atoms with van der Waals surface area (Å²) in [7, 11) is 0. The maximum Gasteiger partial charge on any atom is 0.295 e. The summed E-state index contributed by atoms with van der Waals surface area (Å²) in [6, 6.07) is 5.80. The zero-order chi connectivity index (χ0) is 13.0. The van der Waals surface area contributed by atoms with E-state index in [-0.39, 0.29) is 5.91 Å². The molecule has 0 unspecified atom stereocenters. The fourth-order valence-electron chi connectivity index (χ4n) is 1.64. The van der Waals surface area contributed by atoms with Crippen molar-refractivity contribution in [3.63, 3.8) is 0 Å². The Balaban J connectivity index is 1.86. The molecular formula is C12H16N4O2. The standard InChI is InChI=1S/C12H16N4O2/c13-8-4-5-9-10(7-8)18-12(16-9)15-6-2-1-3-11(14)17/h4-5,7H,1-3,6,13H2,(H2,14,17)(H,15,16). The van der Waals surface area contributed by atoms with Crippen molar-refractivity contribution in [2.45, 2.75) is 19.3 Å². The number of amides is 1. The molecule has 0 saturated carbocycles. The molecule has 0 aliphatic carbocycles. The van der Waals surface area contributed by atoms with Crippen LogP contribution in [0.3, 0.4) is 0 Å². The second kappa shape index (κ2) is 5.39. The summed E-state index contributed by atoms with van der Waals surface area (Å²) in [6.45, 7) is 0.690. The van der Waals surface area contributed by atoms with E-state index in [1.807, 2.05) is 6.07 Å². The van der Waals surface area contributed by atoms with Crippen molar-refractivity contribution >= 4 is 28.7 Å². The third-order valence-electron chi connectivity index (χ3n) is 2.54. The molecule has 1 aromatic heterocycles. The van der Waals surface area contributed by atoms with Gasteiger partial charge in [-0.2, -0.15) is 4.98 Å². The van der Waals surface area contributed by atoms with Crippen molar-refractivity contribution in [1.29, 1.82) is 0 Å². The lowest BCUT2D eigenvalue weighted by Gasteiger charge is -1.99. The van der Waals surface area contributed by atoms with Crippen LogP contribution >= 0.6 is 0 Å². The quantitative estimate of drug-likeness (QED) is 0.530. The van der Waals surface area contributed by atoms with Gasteiger partial charge in [0.1, 0.15) is 5.52 Å². The number of anilines is 2. The second-order valence-electron chi connectivity index (χ2n) is 4.10. The van der Waals surface area contributed by atoms with Crippen molar-refractivity contribution in [2.75, 3.05) is 17.6 Å². The number of nitrogens with one attached hydrogen (secondary N) is 1. The maximum absolute atomic E-state index is 10.5. The van der Waals surface area contributed by atoms with Crippen LogP contribution in [0.5, 0.6) is 0 Å². The lowest BCUT2D eigenvalue weighted by Crippen LogP contribution is -2.10. The first-order valence-electron chi connectivity index (χ1n) is 5.83. The van der Waals surface area contributed by atoms with E-state index in [9.17, 15) is 4.79 Å². The van der Waals surface area contributed by atoms with Gasteiger partial charge in [-0.05, 0) is 25.0 Å². The van der Waals surface area contributed by atoms with E-state index in [0.29, 0.717) is 30.3 Å². The molecule has 5 N–H and O–H groups in total. The van der Waals surface area contributed by atoms with E-state index in [2.05, 4.69) is 10.3 Å². The van der Waals surface area contributed by atoms with E-state index in [0.717, 1.165) is 18.4 Å². The Kier molecular flexibility index (Phi) is 3.66. The molecule has 2 aromatic rings. The molecule has 0 bridgehead atoms. The van der Waals surface area contributed by atoms with Gasteiger partial charge in [0.15, 0.2) is 5.58 Å². The Bertz CT molecular complexity index is 550. The van der Waals surface area contributed by atoms with E-state index in [4.69, 9.17) is 15.9 Å². The fraction of sp³-hybridized carbons (Fsp3) is 0.333. The lowest BCUT2D eigenvalue weighted by atomic mass is 10.2. The molecule has 1 amide bonds. The Morgan fingerprint density at radius 3 is 3.00 bits per heavy atom. The highest BCUT2D eigenvalue weighted by molar-refractivity contribution is 5.78. The Morgan fingerprint density at radius 2 is 2.22 bits per heavy atom. The molecule has 0 aliphatic heterocycles. The average Bonchev–Trinajstić information content (AvgIpc) is 2.70. The predicted octanol–water partition coefficient (Wildman–Crippen LogP) is 1.48. The van der Waals surface area contributed by atoms with Crippen molar-refractivity contribution in [2.24, 2.45) is 5.73 Å². The molecular weight excluding hydrogens is 232 g/mol. The molecule has 0 fully saturated rings. The van der Waals surface area contributed by atoms with Crippen LogP contribution in [0.1, 0.15) is 19.3 Å². The molecule has 1 aromatic carbocycles. The number of carbonyl (C=O) groups is 1. The molecule has 2 rings (SSSR count). The first-order chi connectivity index (χ1) is 8.65. The van der Waals surface area contributed by atoms with Crippen molar-refractivity contribution in [3.8, 4) is 0 Å². The summed E-state index contributed by atoms with van der Waals surface area (Å²) in [6.07, 6.45) is 2.01. The average molecular weight is 248 g/mol. The third-order valence-corrected chi connectivity index (χ3v) is 2.54. The summed E-state index contributed by atoms with van der Waals surface area (Å²) < 4.78 is 5.48. The van der Waals surface area contributed by atoms with Gasteiger partial charge in [0.25, 0.3) is 6.01 Å². The number of oxazole rings is 1. The zero-order valence-corrected chi connectivity index (χ0v) is 9.98. The first kappa shape index (κ1) is 12.2. The van der Waals surface area contributed by atoms with Crippen LogP contribution in [-0.4, -0.2) is 17.4 Å². The zero-order valence-electron chi connectivity index (χ0n) is 9.98. The SMILES string of the molecule is NC(=O)CCCCNc1nc2ccc(N)cc2o1. The number of nitrogen functional groups attached to an aromatic ring is 1. The van der Waals surface area contributed by atoms with Gasteiger partial charge < -0.3 is 21.2 Å². The summed E-state index contributed by atoms with van der Waals surface area (Å²) in [5.74, 6) is -0.271. The van der Waals surface area contributed by atoms with E-state index in [1.54, 1.807) is 12.1 Å². The lowest BCUT2D eigenvalue weighted by molar-refractivity contribution is -0.118. The smallest absolute Gasteiger partial charge is 0.295 e. The number of hydrogen-bond acceptors (Lipinski definition) is 5. The van der Waals surface area contributed by atoms with E-state index < -0.39 is 0 Å². The molecule has 0 saturated heterocycles.